The molecule has 0 saturated heterocycles. The number of halogens is 1. The topological polar surface area (TPSA) is 94.8 Å². The first-order valence-electron chi connectivity index (χ1n) is 6.15. The Kier molecular flexibility index (Phi) is 4.48. The van der Waals surface area contributed by atoms with Gasteiger partial charge in [0.15, 0.2) is 5.78 Å². The molecule has 2 aromatic carbocycles. The molecule has 0 fully saturated rings. The van der Waals surface area contributed by atoms with E-state index < -0.39 is 11.8 Å². The van der Waals surface area contributed by atoms with Gasteiger partial charge in [-0.15, -0.1) is 0 Å². The molecule has 0 radical (unpaired) electrons. The summed E-state index contributed by atoms with van der Waals surface area (Å²) in [4.78, 5) is 22.9. The Morgan fingerprint density at radius 3 is 2.27 bits per heavy atom. The minimum absolute atomic E-state index is 0.0426. The highest BCUT2D eigenvalue weighted by atomic mass is 35.5. The summed E-state index contributed by atoms with van der Waals surface area (Å²) in [5, 5.41) is 28.3. The van der Waals surface area contributed by atoms with Gasteiger partial charge in [0.1, 0.15) is 17.1 Å². The maximum Gasteiger partial charge on any atom is 0.339 e. The average molecular weight is 319 g/mol. The Bertz CT molecular complexity index is 780. The first-order chi connectivity index (χ1) is 10.4. The Labute approximate surface area is 130 Å². The van der Waals surface area contributed by atoms with Crippen LogP contribution in [0.2, 0.25) is 5.02 Å². The quantitative estimate of drug-likeness (QED) is 0.593. The highest BCUT2D eigenvalue weighted by molar-refractivity contribution is 6.31. The number of hydrogen-bond acceptors (Lipinski definition) is 4. The van der Waals surface area contributed by atoms with Crippen molar-refractivity contribution in [2.45, 2.75) is 0 Å². The lowest BCUT2D eigenvalue weighted by Gasteiger charge is -2.02. The number of allylic oxidation sites excluding steroid dienone is 1. The number of rotatable bonds is 4. The maximum absolute atomic E-state index is 12.0. The number of ketones is 1. The second-order valence-electron chi connectivity index (χ2n) is 4.44. The molecule has 0 aliphatic heterocycles. The molecule has 0 heterocycles. The van der Waals surface area contributed by atoms with E-state index in [-0.39, 0.29) is 22.6 Å². The number of carbonyl (C=O) groups is 2. The minimum atomic E-state index is -1.27. The lowest BCUT2D eigenvalue weighted by molar-refractivity contribution is 0.0693. The van der Waals surface area contributed by atoms with Gasteiger partial charge in [-0.2, -0.15) is 0 Å². The Balaban J connectivity index is 2.28. The van der Waals surface area contributed by atoms with Gasteiger partial charge in [0, 0.05) is 5.02 Å². The number of carboxylic acids is 1. The fourth-order valence-electron chi connectivity index (χ4n) is 1.80. The highest BCUT2D eigenvalue weighted by Gasteiger charge is 2.11. The van der Waals surface area contributed by atoms with Crippen LogP contribution in [0, 0.1) is 0 Å². The van der Waals surface area contributed by atoms with E-state index in [1.165, 1.54) is 48.6 Å². The van der Waals surface area contributed by atoms with Crippen molar-refractivity contribution in [3.8, 4) is 11.5 Å². The predicted octanol–water partition coefficient (Wildman–Crippen LogP) is 3.35. The zero-order chi connectivity index (χ0) is 16.3. The molecule has 0 aliphatic carbocycles. The SMILES string of the molecule is O=C(O)c1cc(/C=C/C(=O)c2cc(Cl)ccc2O)ccc1O. The Morgan fingerprint density at radius 2 is 1.59 bits per heavy atom. The van der Waals surface area contributed by atoms with E-state index in [1.54, 1.807) is 0 Å². The molecular formula is C16H11ClO5. The van der Waals surface area contributed by atoms with Crippen LogP contribution in [0.5, 0.6) is 11.5 Å². The van der Waals surface area contributed by atoms with Crippen LogP contribution in [0.4, 0.5) is 0 Å². The summed E-state index contributed by atoms with van der Waals surface area (Å²) >= 11 is 5.77. The van der Waals surface area contributed by atoms with E-state index in [2.05, 4.69) is 0 Å². The van der Waals surface area contributed by atoms with Gasteiger partial charge < -0.3 is 15.3 Å². The van der Waals surface area contributed by atoms with Gasteiger partial charge in [0.2, 0.25) is 0 Å². The molecule has 0 spiro atoms. The zero-order valence-electron chi connectivity index (χ0n) is 11.2. The van der Waals surface area contributed by atoms with Crippen molar-refractivity contribution in [2.75, 3.05) is 0 Å². The van der Waals surface area contributed by atoms with Gasteiger partial charge in [0.25, 0.3) is 0 Å². The Hall–Kier alpha value is -2.79. The molecule has 5 nitrogen and oxygen atoms in total. The van der Waals surface area contributed by atoms with Crippen molar-refractivity contribution in [3.05, 3.63) is 64.2 Å². The number of aromatic carboxylic acids is 1. The van der Waals surface area contributed by atoms with E-state index in [1.807, 2.05) is 0 Å². The predicted molar refractivity (Wildman–Crippen MR) is 81.5 cm³/mol. The monoisotopic (exact) mass is 318 g/mol. The van der Waals surface area contributed by atoms with Crippen molar-refractivity contribution in [1.82, 2.24) is 0 Å². The molecule has 2 aromatic rings. The third kappa shape index (κ3) is 3.45. The van der Waals surface area contributed by atoms with Gasteiger partial charge in [-0.3, -0.25) is 4.79 Å². The number of aromatic hydroxyl groups is 2. The number of carbonyl (C=O) groups excluding carboxylic acids is 1. The summed E-state index contributed by atoms with van der Waals surface area (Å²) in [5.41, 5.74) is 0.200. The fraction of sp³-hybridized carbons (Fsp3) is 0. The summed E-state index contributed by atoms with van der Waals surface area (Å²) in [6.45, 7) is 0. The lowest BCUT2D eigenvalue weighted by Crippen LogP contribution is -1.97. The molecule has 0 aromatic heterocycles. The number of phenolic OH excluding ortho intramolecular Hbond substituents is 1. The largest absolute Gasteiger partial charge is 0.507 e. The summed E-state index contributed by atoms with van der Waals surface area (Å²) in [6.07, 6.45) is 2.57. The molecule has 112 valence electrons. The van der Waals surface area contributed by atoms with Crippen molar-refractivity contribution >= 4 is 29.4 Å². The summed E-state index contributed by atoms with van der Waals surface area (Å²) in [5.74, 6) is -2.31. The molecule has 0 unspecified atom stereocenters. The number of carboxylic acid groups (broad SMARTS) is 1. The van der Waals surface area contributed by atoms with Crippen LogP contribution < -0.4 is 0 Å². The average Bonchev–Trinajstić information content (AvgIpc) is 2.48. The molecule has 2 rings (SSSR count). The van der Waals surface area contributed by atoms with Crippen LogP contribution in [0.3, 0.4) is 0 Å². The fourth-order valence-corrected chi connectivity index (χ4v) is 1.97. The van der Waals surface area contributed by atoms with Crippen LogP contribution in [-0.4, -0.2) is 27.1 Å². The van der Waals surface area contributed by atoms with E-state index in [9.17, 15) is 19.8 Å². The van der Waals surface area contributed by atoms with Crippen LogP contribution in [0.1, 0.15) is 26.3 Å². The van der Waals surface area contributed by atoms with Gasteiger partial charge in [-0.25, -0.2) is 4.79 Å². The van der Waals surface area contributed by atoms with Crippen LogP contribution in [-0.2, 0) is 0 Å². The van der Waals surface area contributed by atoms with E-state index >= 15 is 0 Å². The smallest absolute Gasteiger partial charge is 0.339 e. The molecule has 0 saturated carbocycles. The molecule has 0 atom stereocenters. The third-order valence-corrected chi connectivity index (χ3v) is 3.14. The van der Waals surface area contributed by atoms with E-state index in [0.717, 1.165) is 0 Å². The van der Waals surface area contributed by atoms with Crippen LogP contribution >= 0.6 is 11.6 Å². The zero-order valence-corrected chi connectivity index (χ0v) is 11.9. The van der Waals surface area contributed by atoms with Crippen molar-refractivity contribution in [3.63, 3.8) is 0 Å². The summed E-state index contributed by atoms with van der Waals surface area (Å²) in [6, 6.07) is 8.03. The number of phenols is 2. The molecule has 3 N–H and O–H groups in total. The van der Waals surface area contributed by atoms with Gasteiger partial charge >= 0.3 is 5.97 Å². The highest BCUT2D eigenvalue weighted by Crippen LogP contribution is 2.23. The first kappa shape index (κ1) is 15.6. The molecule has 6 heteroatoms. The van der Waals surface area contributed by atoms with Gasteiger partial charge in [-0.1, -0.05) is 23.7 Å². The van der Waals surface area contributed by atoms with E-state index in [4.69, 9.17) is 16.7 Å². The first-order valence-corrected chi connectivity index (χ1v) is 6.53. The number of benzene rings is 2. The molecule has 22 heavy (non-hydrogen) atoms. The molecular weight excluding hydrogens is 308 g/mol. The van der Waals surface area contributed by atoms with Crippen molar-refractivity contribution in [1.29, 1.82) is 0 Å². The lowest BCUT2D eigenvalue weighted by atomic mass is 10.1. The normalized spacial score (nSPS) is 10.8. The van der Waals surface area contributed by atoms with E-state index in [0.29, 0.717) is 10.6 Å². The maximum atomic E-state index is 12.0. The summed E-state index contributed by atoms with van der Waals surface area (Å²) < 4.78 is 0. The Morgan fingerprint density at radius 1 is 0.955 bits per heavy atom. The molecule has 0 amide bonds. The molecule has 0 aliphatic rings. The second-order valence-corrected chi connectivity index (χ2v) is 4.88. The molecule has 0 bridgehead atoms. The van der Waals surface area contributed by atoms with Crippen molar-refractivity contribution in [2.24, 2.45) is 0 Å². The van der Waals surface area contributed by atoms with Gasteiger partial charge in [-0.05, 0) is 42.0 Å². The third-order valence-electron chi connectivity index (χ3n) is 2.90. The minimum Gasteiger partial charge on any atom is -0.507 e. The standard InChI is InChI=1S/C16H11ClO5/c17-10-3-6-14(19)11(8-10)13(18)4-1-9-2-5-15(20)12(7-9)16(21)22/h1-8,19-20H,(H,21,22)/b4-1+. The van der Waals surface area contributed by atoms with Crippen LogP contribution in [0.15, 0.2) is 42.5 Å². The second kappa shape index (κ2) is 6.32. The van der Waals surface area contributed by atoms with Crippen LogP contribution in [0.25, 0.3) is 6.08 Å². The van der Waals surface area contributed by atoms with Crippen molar-refractivity contribution < 1.29 is 24.9 Å². The van der Waals surface area contributed by atoms with Gasteiger partial charge in [0.05, 0.1) is 5.56 Å². The summed E-state index contributed by atoms with van der Waals surface area (Å²) in [7, 11) is 0. The number of hydrogen-bond donors (Lipinski definition) is 3.